The first-order valence-corrected chi connectivity index (χ1v) is 12.7. The Kier molecular flexibility index (Phi) is 8.82. The molecule has 12 nitrogen and oxygen atoms in total. The first-order valence-electron chi connectivity index (χ1n) is 12.7. The molecule has 0 spiro atoms. The van der Waals surface area contributed by atoms with Crippen molar-refractivity contribution in [1.29, 1.82) is 0 Å². The van der Waals surface area contributed by atoms with Crippen molar-refractivity contribution < 1.29 is 28.9 Å². The van der Waals surface area contributed by atoms with Gasteiger partial charge in [0.05, 0.1) is 37.3 Å². The minimum absolute atomic E-state index is 0.0286. The summed E-state index contributed by atoms with van der Waals surface area (Å²) in [5.41, 5.74) is 1.41. The van der Waals surface area contributed by atoms with Crippen molar-refractivity contribution >= 4 is 17.6 Å². The number of aliphatic hydroxyl groups excluding tert-OH is 1. The molecular formula is C25H36N6O6. The topological polar surface area (TPSA) is 131 Å². The molecule has 4 rings (SSSR count). The number of fused-ring (bicyclic) bond motifs is 2. The second kappa shape index (κ2) is 12.2. The number of rotatable bonds is 5. The Balaban J connectivity index is 1.47. The minimum Gasteiger partial charge on any atom is -0.486 e. The third kappa shape index (κ3) is 6.69. The fraction of sp³-hybridized carbons (Fsp3) is 0.600. The number of carbonyl (C=O) groups is 2. The first kappa shape index (κ1) is 26.7. The summed E-state index contributed by atoms with van der Waals surface area (Å²) < 4.78 is 19.2. The van der Waals surface area contributed by atoms with Gasteiger partial charge in [0.25, 0.3) is 0 Å². The number of likely N-dealkylation sites (N-methyl/N-ethyl adjacent to an activating group) is 1. The lowest BCUT2D eigenvalue weighted by atomic mass is 10.0. The zero-order chi connectivity index (χ0) is 26.4. The summed E-state index contributed by atoms with van der Waals surface area (Å²) in [5, 5.41) is 20.8. The highest BCUT2D eigenvalue weighted by atomic mass is 16.6. The van der Waals surface area contributed by atoms with Gasteiger partial charge in [-0.05, 0) is 25.5 Å². The molecule has 3 atom stereocenters. The molecule has 1 aromatic carbocycles. The standard InChI is InChI=1S/C25H36N6O6/c1-17-13-30(18(2)15-32)24(33)5-4-8-31-20(12-26-28-31)16-37-23(17)14-29(3)25(34)27-19-6-7-21-22(11-19)36-10-9-35-21/h6-7,11-12,17-18,23,32H,4-5,8-10,13-16H2,1-3H3,(H,27,34)/t17-,18+,23-/m1/s1. The van der Waals surface area contributed by atoms with Crippen LogP contribution in [0.2, 0.25) is 0 Å². The molecule has 3 amide bonds. The maximum Gasteiger partial charge on any atom is 0.321 e. The number of urea groups is 1. The second-order valence-corrected chi connectivity index (χ2v) is 9.63. The van der Waals surface area contributed by atoms with E-state index in [0.717, 1.165) is 5.69 Å². The van der Waals surface area contributed by atoms with E-state index in [1.54, 1.807) is 45.9 Å². The first-order chi connectivity index (χ1) is 17.9. The average Bonchev–Trinajstić information content (AvgIpc) is 3.35. The van der Waals surface area contributed by atoms with Gasteiger partial charge in [-0.2, -0.15) is 0 Å². The molecule has 0 fully saturated rings. The third-order valence-electron chi connectivity index (χ3n) is 6.73. The molecule has 12 heteroatoms. The van der Waals surface area contributed by atoms with Crippen molar-refractivity contribution in [3.05, 3.63) is 30.1 Å². The molecule has 0 unspecified atom stereocenters. The van der Waals surface area contributed by atoms with Crippen LogP contribution in [0.1, 0.15) is 32.4 Å². The molecule has 1 aromatic heterocycles. The Hall–Kier alpha value is -3.38. The van der Waals surface area contributed by atoms with E-state index < -0.39 is 0 Å². The van der Waals surface area contributed by atoms with Gasteiger partial charge in [-0.1, -0.05) is 12.1 Å². The number of anilines is 1. The highest BCUT2D eigenvalue weighted by molar-refractivity contribution is 5.89. The van der Waals surface area contributed by atoms with Crippen LogP contribution < -0.4 is 14.8 Å². The number of aryl methyl sites for hydroxylation is 1. The van der Waals surface area contributed by atoms with E-state index in [1.165, 1.54) is 0 Å². The fourth-order valence-electron chi connectivity index (χ4n) is 4.44. The Morgan fingerprint density at radius 1 is 1.30 bits per heavy atom. The van der Waals surface area contributed by atoms with Crippen LogP contribution in [0.4, 0.5) is 10.5 Å². The van der Waals surface area contributed by atoms with Crippen LogP contribution >= 0.6 is 0 Å². The van der Waals surface area contributed by atoms with Crippen LogP contribution in [0.3, 0.4) is 0 Å². The van der Waals surface area contributed by atoms with E-state index in [4.69, 9.17) is 14.2 Å². The van der Waals surface area contributed by atoms with Gasteiger partial charge >= 0.3 is 6.03 Å². The van der Waals surface area contributed by atoms with E-state index in [0.29, 0.717) is 56.3 Å². The van der Waals surface area contributed by atoms with Crippen molar-refractivity contribution in [2.24, 2.45) is 5.92 Å². The van der Waals surface area contributed by atoms with Gasteiger partial charge in [0, 0.05) is 50.8 Å². The molecule has 3 heterocycles. The maximum absolute atomic E-state index is 13.0. The minimum atomic E-state index is -0.389. The number of aromatic nitrogens is 3. The Morgan fingerprint density at radius 3 is 2.86 bits per heavy atom. The van der Waals surface area contributed by atoms with E-state index in [-0.39, 0.29) is 49.8 Å². The van der Waals surface area contributed by atoms with Crippen molar-refractivity contribution in [1.82, 2.24) is 24.8 Å². The van der Waals surface area contributed by atoms with Crippen LogP contribution in [-0.4, -0.2) is 93.9 Å². The molecule has 202 valence electrons. The largest absolute Gasteiger partial charge is 0.486 e. The van der Waals surface area contributed by atoms with Crippen molar-refractivity contribution in [3.63, 3.8) is 0 Å². The van der Waals surface area contributed by atoms with Gasteiger partial charge in [0.15, 0.2) is 11.5 Å². The lowest BCUT2D eigenvalue weighted by Gasteiger charge is -2.35. The zero-order valence-electron chi connectivity index (χ0n) is 21.6. The van der Waals surface area contributed by atoms with Gasteiger partial charge in [0.1, 0.15) is 13.2 Å². The molecule has 37 heavy (non-hydrogen) atoms. The van der Waals surface area contributed by atoms with Crippen molar-refractivity contribution in [2.75, 3.05) is 45.3 Å². The number of benzene rings is 1. The molecule has 2 aliphatic heterocycles. The summed E-state index contributed by atoms with van der Waals surface area (Å²) in [6, 6.07) is 4.65. The lowest BCUT2D eigenvalue weighted by molar-refractivity contribution is -0.136. The summed E-state index contributed by atoms with van der Waals surface area (Å²) in [7, 11) is 1.70. The number of hydrogen-bond acceptors (Lipinski definition) is 8. The number of nitrogens with one attached hydrogen (secondary N) is 1. The third-order valence-corrected chi connectivity index (χ3v) is 6.73. The molecule has 2 N–H and O–H groups in total. The normalized spacial score (nSPS) is 21.3. The quantitative estimate of drug-likeness (QED) is 0.614. The van der Waals surface area contributed by atoms with E-state index in [1.807, 2.05) is 13.8 Å². The summed E-state index contributed by atoms with van der Waals surface area (Å²) in [4.78, 5) is 29.3. The van der Waals surface area contributed by atoms with Crippen molar-refractivity contribution in [3.8, 4) is 11.5 Å². The van der Waals surface area contributed by atoms with Gasteiger partial charge in [0.2, 0.25) is 5.91 Å². The molecule has 0 bridgehead atoms. The number of nitrogens with zero attached hydrogens (tertiary/aromatic N) is 5. The fourth-order valence-corrected chi connectivity index (χ4v) is 4.44. The predicted octanol–water partition coefficient (Wildman–Crippen LogP) is 1.74. The number of carbonyl (C=O) groups excluding carboxylic acids is 2. The van der Waals surface area contributed by atoms with Crippen molar-refractivity contribution in [2.45, 2.75) is 52.0 Å². The predicted molar refractivity (Wildman–Crippen MR) is 134 cm³/mol. The Morgan fingerprint density at radius 2 is 2.08 bits per heavy atom. The molecular weight excluding hydrogens is 480 g/mol. The summed E-state index contributed by atoms with van der Waals surface area (Å²) in [6.45, 7) is 6.16. The molecule has 0 saturated heterocycles. The monoisotopic (exact) mass is 516 g/mol. The summed E-state index contributed by atoms with van der Waals surface area (Å²) in [6.07, 6.45) is 2.23. The average molecular weight is 517 g/mol. The molecule has 0 radical (unpaired) electrons. The number of hydrogen-bond donors (Lipinski definition) is 2. The summed E-state index contributed by atoms with van der Waals surface area (Å²) in [5.74, 6) is 1.10. The van der Waals surface area contributed by atoms with Crippen LogP contribution in [0, 0.1) is 5.92 Å². The number of amides is 3. The SMILES string of the molecule is C[C@@H]1CN([C@@H](C)CO)C(=O)CCCn2nncc2CO[C@@H]1CN(C)C(=O)Nc1ccc2c(c1)OCCO2. The van der Waals surface area contributed by atoms with E-state index in [9.17, 15) is 14.7 Å². The van der Waals surface area contributed by atoms with Gasteiger partial charge in [-0.25, -0.2) is 9.48 Å². The zero-order valence-corrected chi connectivity index (χ0v) is 21.6. The van der Waals surface area contributed by atoms with Crippen LogP contribution in [0.5, 0.6) is 11.5 Å². The van der Waals surface area contributed by atoms with Gasteiger partial charge < -0.3 is 34.4 Å². The van der Waals surface area contributed by atoms with Gasteiger partial charge in [-0.3, -0.25) is 4.79 Å². The second-order valence-electron chi connectivity index (χ2n) is 9.63. The van der Waals surface area contributed by atoms with Gasteiger partial charge in [-0.15, -0.1) is 5.10 Å². The number of ether oxygens (including phenoxy) is 3. The van der Waals surface area contributed by atoms with E-state index in [2.05, 4.69) is 15.6 Å². The van der Waals surface area contributed by atoms with E-state index >= 15 is 0 Å². The van der Waals surface area contributed by atoms with Crippen LogP contribution in [0.15, 0.2) is 24.4 Å². The smallest absolute Gasteiger partial charge is 0.321 e. The number of aliphatic hydroxyl groups is 1. The Bertz CT molecular complexity index is 1080. The molecule has 0 saturated carbocycles. The van der Waals surface area contributed by atoms with Crippen LogP contribution in [-0.2, 0) is 22.7 Å². The molecule has 2 aliphatic rings. The highest BCUT2D eigenvalue weighted by Crippen LogP contribution is 2.32. The molecule has 0 aliphatic carbocycles. The highest BCUT2D eigenvalue weighted by Gasteiger charge is 2.29. The Labute approximate surface area is 216 Å². The summed E-state index contributed by atoms with van der Waals surface area (Å²) >= 11 is 0. The maximum atomic E-state index is 13.0. The molecule has 2 aromatic rings. The lowest BCUT2D eigenvalue weighted by Crippen LogP contribution is -2.48. The van der Waals surface area contributed by atoms with Crippen LogP contribution in [0.25, 0.3) is 0 Å².